The largest absolute Gasteiger partial charge is 0.334 e. The molecule has 4 heterocycles. The van der Waals surface area contributed by atoms with Crippen molar-refractivity contribution in [3.63, 3.8) is 0 Å². The lowest BCUT2D eigenvalue weighted by Crippen LogP contribution is -2.36. The highest BCUT2D eigenvalue weighted by Gasteiger charge is 2.46. The van der Waals surface area contributed by atoms with Gasteiger partial charge in [0.2, 0.25) is 5.91 Å². The number of pyridine rings is 1. The average molecular weight is 313 g/mol. The Morgan fingerprint density at radius 2 is 2.00 bits per heavy atom. The molecule has 4 rings (SSSR count). The van der Waals surface area contributed by atoms with Crippen LogP contribution < -0.4 is 0 Å². The Hall–Kier alpha value is -1.72. The van der Waals surface area contributed by atoms with Crippen molar-refractivity contribution in [1.29, 1.82) is 0 Å². The van der Waals surface area contributed by atoms with Crippen molar-refractivity contribution in [2.24, 2.45) is 0 Å². The van der Waals surface area contributed by atoms with Gasteiger partial charge in [0.15, 0.2) is 0 Å². The van der Waals surface area contributed by atoms with Crippen LogP contribution in [0.4, 0.5) is 0 Å². The third-order valence-corrected chi connectivity index (χ3v) is 5.53. The molecule has 2 aliphatic heterocycles. The van der Waals surface area contributed by atoms with Crippen LogP contribution in [0.2, 0.25) is 0 Å². The number of likely N-dealkylation sites (tertiary alicyclic amines) is 2. The lowest BCUT2D eigenvalue weighted by molar-refractivity contribution is -0.129. The second kappa shape index (κ2) is 5.82. The van der Waals surface area contributed by atoms with Gasteiger partial charge in [-0.3, -0.25) is 14.7 Å². The number of fused-ring (bicyclic) bond motifs is 1. The van der Waals surface area contributed by atoms with E-state index in [1.807, 2.05) is 12.1 Å². The SMILES string of the molecule is O=C1CC2C(CCN2Cc2ccsc2)N1Cc1ccncc1. The number of carbonyl (C=O) groups excluding carboxylic acids is 1. The molecule has 0 bridgehead atoms. The Kier molecular flexibility index (Phi) is 3.68. The first kappa shape index (κ1) is 13.9. The molecule has 2 unspecified atom stereocenters. The maximum Gasteiger partial charge on any atom is 0.224 e. The number of hydrogen-bond donors (Lipinski definition) is 0. The van der Waals surface area contributed by atoms with Gasteiger partial charge in [-0.25, -0.2) is 0 Å². The van der Waals surface area contributed by atoms with Gasteiger partial charge in [-0.2, -0.15) is 11.3 Å². The third kappa shape index (κ3) is 2.55. The van der Waals surface area contributed by atoms with Gasteiger partial charge >= 0.3 is 0 Å². The molecule has 2 aliphatic rings. The van der Waals surface area contributed by atoms with Gasteiger partial charge in [-0.15, -0.1) is 0 Å². The molecule has 2 aromatic heterocycles. The van der Waals surface area contributed by atoms with Gasteiger partial charge < -0.3 is 4.90 Å². The molecule has 0 radical (unpaired) electrons. The summed E-state index contributed by atoms with van der Waals surface area (Å²) >= 11 is 1.74. The first-order chi connectivity index (χ1) is 10.8. The maximum atomic E-state index is 12.4. The average Bonchev–Trinajstić information content (AvgIpc) is 3.23. The normalized spacial score (nSPS) is 24.9. The monoisotopic (exact) mass is 313 g/mol. The van der Waals surface area contributed by atoms with Crippen LogP contribution in [0.1, 0.15) is 24.0 Å². The van der Waals surface area contributed by atoms with Crippen LogP contribution in [0.5, 0.6) is 0 Å². The number of aromatic nitrogens is 1. The fraction of sp³-hybridized carbons (Fsp3) is 0.412. The summed E-state index contributed by atoms with van der Waals surface area (Å²) in [7, 11) is 0. The molecule has 0 aliphatic carbocycles. The molecule has 0 saturated carbocycles. The summed E-state index contributed by atoms with van der Waals surface area (Å²) in [5.74, 6) is 0.293. The van der Waals surface area contributed by atoms with E-state index in [0.717, 1.165) is 26.1 Å². The molecule has 1 amide bonds. The molecular weight excluding hydrogens is 294 g/mol. The van der Waals surface area contributed by atoms with Crippen LogP contribution in [0.15, 0.2) is 41.4 Å². The Morgan fingerprint density at radius 3 is 2.77 bits per heavy atom. The minimum Gasteiger partial charge on any atom is -0.334 e. The standard InChI is InChI=1S/C17H19N3OS/c21-17-9-16-15(20(17)11-13-1-5-18-6-2-13)3-7-19(16)10-14-4-8-22-12-14/h1-2,4-6,8,12,15-16H,3,7,9-11H2. The van der Waals surface area contributed by atoms with Crippen molar-refractivity contribution >= 4 is 17.2 Å². The minimum absolute atomic E-state index is 0.293. The van der Waals surface area contributed by atoms with Crippen molar-refractivity contribution in [1.82, 2.24) is 14.8 Å². The lowest BCUT2D eigenvalue weighted by atomic mass is 10.1. The minimum atomic E-state index is 0.293. The van der Waals surface area contributed by atoms with Crippen molar-refractivity contribution < 1.29 is 4.79 Å². The van der Waals surface area contributed by atoms with E-state index in [9.17, 15) is 4.79 Å². The molecule has 2 fully saturated rings. The van der Waals surface area contributed by atoms with E-state index >= 15 is 0 Å². The summed E-state index contributed by atoms with van der Waals surface area (Å²) in [6.45, 7) is 2.78. The van der Waals surface area contributed by atoms with Crippen molar-refractivity contribution in [2.45, 2.75) is 38.0 Å². The smallest absolute Gasteiger partial charge is 0.224 e. The summed E-state index contributed by atoms with van der Waals surface area (Å²) in [6, 6.07) is 6.94. The van der Waals surface area contributed by atoms with Crippen molar-refractivity contribution in [3.05, 3.63) is 52.5 Å². The van der Waals surface area contributed by atoms with Crippen LogP contribution in [-0.2, 0) is 17.9 Å². The van der Waals surface area contributed by atoms with Gasteiger partial charge in [0.1, 0.15) is 0 Å². The molecule has 22 heavy (non-hydrogen) atoms. The van der Waals surface area contributed by atoms with Crippen LogP contribution in [0.25, 0.3) is 0 Å². The van der Waals surface area contributed by atoms with Crippen LogP contribution in [0, 0.1) is 0 Å². The van der Waals surface area contributed by atoms with Gasteiger partial charge in [-0.1, -0.05) is 0 Å². The Bertz CT molecular complexity index is 643. The molecule has 2 atom stereocenters. The molecule has 5 heteroatoms. The second-order valence-electron chi connectivity index (χ2n) is 6.11. The Labute approximate surface area is 134 Å². The van der Waals surface area contributed by atoms with E-state index in [0.29, 0.717) is 24.4 Å². The number of nitrogens with zero attached hydrogens (tertiary/aromatic N) is 3. The number of amides is 1. The van der Waals surface area contributed by atoms with E-state index in [1.54, 1.807) is 23.7 Å². The topological polar surface area (TPSA) is 36.4 Å². The lowest BCUT2D eigenvalue weighted by Gasteiger charge is -2.25. The summed E-state index contributed by atoms with van der Waals surface area (Å²) in [6.07, 6.45) is 5.35. The number of hydrogen-bond acceptors (Lipinski definition) is 4. The van der Waals surface area contributed by atoms with E-state index in [1.165, 1.54) is 11.1 Å². The Balaban J connectivity index is 1.47. The summed E-state index contributed by atoms with van der Waals surface area (Å²) in [5, 5.41) is 4.33. The number of thiophene rings is 1. The first-order valence-electron chi connectivity index (χ1n) is 7.75. The highest BCUT2D eigenvalue weighted by atomic mass is 32.1. The Morgan fingerprint density at radius 1 is 1.14 bits per heavy atom. The van der Waals surface area contributed by atoms with Gasteiger partial charge in [0, 0.05) is 50.5 Å². The predicted molar refractivity (Wildman–Crippen MR) is 86.3 cm³/mol. The number of carbonyl (C=O) groups is 1. The molecule has 0 N–H and O–H groups in total. The molecule has 2 aromatic rings. The fourth-order valence-corrected chi connectivity index (χ4v) is 4.37. The highest BCUT2D eigenvalue weighted by Crippen LogP contribution is 2.34. The zero-order chi connectivity index (χ0) is 14.9. The quantitative estimate of drug-likeness (QED) is 0.870. The zero-order valence-corrected chi connectivity index (χ0v) is 13.2. The molecule has 2 saturated heterocycles. The molecular formula is C17H19N3OS. The predicted octanol–water partition coefficient (Wildman–Crippen LogP) is 2.52. The van der Waals surface area contributed by atoms with Crippen LogP contribution in [0.3, 0.4) is 0 Å². The van der Waals surface area contributed by atoms with E-state index in [4.69, 9.17) is 0 Å². The number of rotatable bonds is 4. The summed E-state index contributed by atoms with van der Waals surface area (Å²) in [4.78, 5) is 21.0. The van der Waals surface area contributed by atoms with Gasteiger partial charge in [-0.05, 0) is 46.5 Å². The van der Waals surface area contributed by atoms with Crippen LogP contribution in [-0.4, -0.2) is 39.3 Å². The second-order valence-corrected chi connectivity index (χ2v) is 6.89. The fourth-order valence-electron chi connectivity index (χ4n) is 3.71. The molecule has 0 spiro atoms. The van der Waals surface area contributed by atoms with E-state index < -0.39 is 0 Å². The van der Waals surface area contributed by atoms with Crippen molar-refractivity contribution in [2.75, 3.05) is 6.54 Å². The van der Waals surface area contributed by atoms with E-state index in [2.05, 4.69) is 31.6 Å². The van der Waals surface area contributed by atoms with Gasteiger partial charge in [0.05, 0.1) is 0 Å². The zero-order valence-electron chi connectivity index (χ0n) is 12.4. The van der Waals surface area contributed by atoms with Gasteiger partial charge in [0.25, 0.3) is 0 Å². The highest BCUT2D eigenvalue weighted by molar-refractivity contribution is 7.07. The van der Waals surface area contributed by atoms with Crippen molar-refractivity contribution in [3.8, 4) is 0 Å². The summed E-state index contributed by atoms with van der Waals surface area (Å²) in [5.41, 5.74) is 2.53. The summed E-state index contributed by atoms with van der Waals surface area (Å²) < 4.78 is 0. The molecule has 114 valence electrons. The van der Waals surface area contributed by atoms with Crippen LogP contribution >= 0.6 is 11.3 Å². The first-order valence-corrected chi connectivity index (χ1v) is 8.69. The molecule has 0 aromatic carbocycles. The maximum absolute atomic E-state index is 12.4. The molecule has 4 nitrogen and oxygen atoms in total. The third-order valence-electron chi connectivity index (χ3n) is 4.80. The van der Waals surface area contributed by atoms with E-state index in [-0.39, 0.29) is 0 Å².